The van der Waals surface area contributed by atoms with Gasteiger partial charge in [0.2, 0.25) is 5.91 Å². The van der Waals surface area contributed by atoms with Gasteiger partial charge in [-0.15, -0.1) is 0 Å². The summed E-state index contributed by atoms with van der Waals surface area (Å²) in [7, 11) is 0. The summed E-state index contributed by atoms with van der Waals surface area (Å²) in [5.41, 5.74) is 0. The molecule has 0 aliphatic heterocycles. The fourth-order valence-corrected chi connectivity index (χ4v) is 2.50. The van der Waals surface area contributed by atoms with Crippen molar-refractivity contribution in [2.75, 3.05) is 6.54 Å². The first-order valence-electron chi connectivity index (χ1n) is 6.54. The van der Waals surface area contributed by atoms with Gasteiger partial charge in [0.15, 0.2) is 0 Å². The van der Waals surface area contributed by atoms with Crippen molar-refractivity contribution < 1.29 is 9.90 Å². The lowest BCUT2D eigenvalue weighted by atomic mass is 9.79. The van der Waals surface area contributed by atoms with Gasteiger partial charge in [-0.2, -0.15) is 0 Å². The molecule has 0 bridgehead atoms. The number of aliphatic hydroxyl groups is 1. The summed E-state index contributed by atoms with van der Waals surface area (Å²) in [6.07, 6.45) is 6.73. The van der Waals surface area contributed by atoms with Crippen molar-refractivity contribution in [1.82, 2.24) is 5.32 Å². The van der Waals surface area contributed by atoms with Gasteiger partial charge in [-0.3, -0.25) is 4.79 Å². The Morgan fingerprint density at radius 1 is 1.31 bits per heavy atom. The maximum Gasteiger partial charge on any atom is 0.220 e. The van der Waals surface area contributed by atoms with Crippen LogP contribution in [0.3, 0.4) is 0 Å². The van der Waals surface area contributed by atoms with Crippen molar-refractivity contribution in [3.63, 3.8) is 0 Å². The van der Waals surface area contributed by atoms with Gasteiger partial charge in [-0.05, 0) is 18.8 Å². The van der Waals surface area contributed by atoms with E-state index in [0.29, 0.717) is 18.9 Å². The molecular weight excluding hydrogens is 202 g/mol. The Morgan fingerprint density at radius 2 is 1.94 bits per heavy atom. The molecule has 1 saturated carbocycles. The van der Waals surface area contributed by atoms with Crippen LogP contribution in [0.2, 0.25) is 0 Å². The summed E-state index contributed by atoms with van der Waals surface area (Å²) in [6, 6.07) is 0. The molecule has 0 aromatic heterocycles. The monoisotopic (exact) mass is 227 g/mol. The van der Waals surface area contributed by atoms with Crippen molar-refractivity contribution in [3.05, 3.63) is 0 Å². The van der Waals surface area contributed by atoms with E-state index in [9.17, 15) is 4.79 Å². The van der Waals surface area contributed by atoms with Crippen LogP contribution in [-0.2, 0) is 4.79 Å². The number of carbonyl (C=O) groups excluding carboxylic acids is 1. The summed E-state index contributed by atoms with van der Waals surface area (Å²) in [5.74, 6) is 1.29. The van der Waals surface area contributed by atoms with Crippen LogP contribution in [0.1, 0.15) is 52.4 Å². The number of amides is 1. The van der Waals surface area contributed by atoms with Crippen LogP contribution in [0.4, 0.5) is 0 Å². The van der Waals surface area contributed by atoms with Crippen LogP contribution in [-0.4, -0.2) is 23.7 Å². The average Bonchev–Trinajstić information content (AvgIpc) is 2.27. The zero-order valence-electron chi connectivity index (χ0n) is 10.5. The van der Waals surface area contributed by atoms with Gasteiger partial charge in [-0.25, -0.2) is 0 Å². The molecule has 0 aromatic carbocycles. The maximum absolute atomic E-state index is 11.6. The molecule has 0 spiro atoms. The molecule has 1 aliphatic rings. The highest BCUT2D eigenvalue weighted by Gasteiger charge is 2.21. The van der Waals surface area contributed by atoms with Crippen LogP contribution in [0.15, 0.2) is 0 Å². The molecule has 0 radical (unpaired) electrons. The molecule has 0 saturated heterocycles. The second-order valence-electron chi connectivity index (χ2n) is 5.23. The molecule has 16 heavy (non-hydrogen) atoms. The molecule has 94 valence electrons. The lowest BCUT2D eigenvalue weighted by molar-refractivity contribution is -0.122. The first kappa shape index (κ1) is 13.5. The minimum Gasteiger partial charge on any atom is -0.392 e. The molecule has 1 aliphatic carbocycles. The van der Waals surface area contributed by atoms with Crippen LogP contribution in [0.25, 0.3) is 0 Å². The molecule has 1 fully saturated rings. The molecule has 2 N–H and O–H groups in total. The highest BCUT2D eigenvalue weighted by Crippen LogP contribution is 2.31. The number of carbonyl (C=O) groups is 1. The standard InChI is InChI=1S/C13H25NO2/c1-10(12-6-4-3-5-7-12)8-13(16)14-9-11(2)15/h10-12,15H,3-9H2,1-2H3,(H,14,16)/t10-,11+/m1/s1. The van der Waals surface area contributed by atoms with Gasteiger partial charge >= 0.3 is 0 Å². The van der Waals surface area contributed by atoms with Crippen molar-refractivity contribution in [2.24, 2.45) is 11.8 Å². The molecular formula is C13H25NO2. The van der Waals surface area contributed by atoms with E-state index in [2.05, 4.69) is 12.2 Å². The van der Waals surface area contributed by atoms with Gasteiger partial charge in [0.25, 0.3) is 0 Å². The number of hydrogen-bond acceptors (Lipinski definition) is 2. The summed E-state index contributed by atoms with van der Waals surface area (Å²) >= 11 is 0. The first-order valence-corrected chi connectivity index (χ1v) is 6.54. The van der Waals surface area contributed by atoms with Crippen LogP contribution in [0, 0.1) is 11.8 Å². The molecule has 1 amide bonds. The van der Waals surface area contributed by atoms with Crippen molar-refractivity contribution in [2.45, 2.75) is 58.5 Å². The Morgan fingerprint density at radius 3 is 2.50 bits per heavy atom. The molecule has 0 unspecified atom stereocenters. The average molecular weight is 227 g/mol. The quantitative estimate of drug-likeness (QED) is 0.755. The van der Waals surface area contributed by atoms with Crippen molar-refractivity contribution in [1.29, 1.82) is 0 Å². The van der Waals surface area contributed by atoms with E-state index in [0.717, 1.165) is 5.92 Å². The van der Waals surface area contributed by atoms with E-state index in [4.69, 9.17) is 5.11 Å². The zero-order valence-corrected chi connectivity index (χ0v) is 10.5. The van der Waals surface area contributed by atoms with E-state index in [1.807, 2.05) is 0 Å². The summed E-state index contributed by atoms with van der Waals surface area (Å²) in [6.45, 7) is 4.24. The fraction of sp³-hybridized carbons (Fsp3) is 0.923. The molecule has 3 heteroatoms. The normalized spacial score (nSPS) is 21.4. The minimum atomic E-state index is -0.450. The van der Waals surface area contributed by atoms with Gasteiger partial charge in [0.05, 0.1) is 6.10 Å². The van der Waals surface area contributed by atoms with Crippen LogP contribution >= 0.6 is 0 Å². The molecule has 0 heterocycles. The smallest absolute Gasteiger partial charge is 0.220 e. The van der Waals surface area contributed by atoms with Gasteiger partial charge in [-0.1, -0.05) is 39.0 Å². The first-order chi connectivity index (χ1) is 7.59. The summed E-state index contributed by atoms with van der Waals surface area (Å²) < 4.78 is 0. The highest BCUT2D eigenvalue weighted by molar-refractivity contribution is 5.76. The van der Waals surface area contributed by atoms with E-state index >= 15 is 0 Å². The third-order valence-electron chi connectivity index (χ3n) is 3.56. The summed E-state index contributed by atoms with van der Waals surface area (Å²) in [5, 5.41) is 11.8. The molecule has 2 atom stereocenters. The second-order valence-corrected chi connectivity index (χ2v) is 5.23. The lowest BCUT2D eigenvalue weighted by Gasteiger charge is -2.27. The van der Waals surface area contributed by atoms with E-state index in [1.54, 1.807) is 6.92 Å². The Labute approximate surface area is 98.6 Å². The van der Waals surface area contributed by atoms with Gasteiger partial charge in [0, 0.05) is 13.0 Å². The van der Waals surface area contributed by atoms with Gasteiger partial charge < -0.3 is 10.4 Å². The third kappa shape index (κ3) is 4.97. The fourth-order valence-electron chi connectivity index (χ4n) is 2.50. The number of rotatable bonds is 5. The topological polar surface area (TPSA) is 49.3 Å². The predicted octanol–water partition coefficient (Wildman–Crippen LogP) is 2.09. The van der Waals surface area contributed by atoms with Crippen LogP contribution < -0.4 is 5.32 Å². The highest BCUT2D eigenvalue weighted by atomic mass is 16.3. The Balaban J connectivity index is 2.21. The lowest BCUT2D eigenvalue weighted by Crippen LogP contribution is -2.32. The number of hydrogen-bond donors (Lipinski definition) is 2. The van der Waals surface area contributed by atoms with E-state index < -0.39 is 6.10 Å². The Kier molecular flexibility index (Phi) is 5.81. The maximum atomic E-state index is 11.6. The van der Waals surface area contributed by atoms with Crippen LogP contribution in [0.5, 0.6) is 0 Å². The summed E-state index contributed by atoms with van der Waals surface area (Å²) in [4.78, 5) is 11.6. The predicted molar refractivity (Wildman–Crippen MR) is 65.0 cm³/mol. The molecule has 1 rings (SSSR count). The largest absolute Gasteiger partial charge is 0.392 e. The SMILES string of the molecule is C[C@H](O)CNC(=O)C[C@@H](C)C1CCCCC1. The zero-order chi connectivity index (χ0) is 12.0. The number of nitrogens with one attached hydrogen (secondary N) is 1. The minimum absolute atomic E-state index is 0.0824. The third-order valence-corrected chi connectivity index (χ3v) is 3.56. The van der Waals surface area contributed by atoms with Crippen molar-refractivity contribution in [3.8, 4) is 0 Å². The van der Waals surface area contributed by atoms with Gasteiger partial charge in [0.1, 0.15) is 0 Å². The van der Waals surface area contributed by atoms with Crippen molar-refractivity contribution >= 4 is 5.91 Å². The van der Waals surface area contributed by atoms with E-state index in [-0.39, 0.29) is 5.91 Å². The molecule has 3 nitrogen and oxygen atoms in total. The Hall–Kier alpha value is -0.570. The Bertz CT molecular complexity index is 210. The molecule has 0 aromatic rings. The van der Waals surface area contributed by atoms with E-state index in [1.165, 1.54) is 32.1 Å². The second kappa shape index (κ2) is 6.89. The number of aliphatic hydroxyl groups excluding tert-OH is 1.